The lowest BCUT2D eigenvalue weighted by Crippen LogP contribution is -2.34. The van der Waals surface area contributed by atoms with Crippen molar-refractivity contribution in [3.63, 3.8) is 0 Å². The van der Waals surface area contributed by atoms with Gasteiger partial charge in [0.05, 0.1) is 11.4 Å². The number of hydrogen-bond acceptors (Lipinski definition) is 3. The highest BCUT2D eigenvalue weighted by molar-refractivity contribution is 6.09. The number of fused-ring (bicyclic) bond motifs is 1. The molecule has 1 unspecified atom stereocenters. The molecular formula is C16H20N2O2. The topological polar surface area (TPSA) is 52.9 Å². The highest BCUT2D eigenvalue weighted by Gasteiger charge is 2.52. The third-order valence-electron chi connectivity index (χ3n) is 4.50. The van der Waals surface area contributed by atoms with E-state index in [9.17, 15) is 10.0 Å². The minimum absolute atomic E-state index is 0.128. The Morgan fingerprint density at radius 3 is 2.75 bits per heavy atom. The number of carbonyl (C=O) groups excluding carboxylic acids is 1. The van der Waals surface area contributed by atoms with Gasteiger partial charge in [-0.2, -0.15) is 0 Å². The predicted molar refractivity (Wildman–Crippen MR) is 78.2 cm³/mol. The molecule has 1 aliphatic heterocycles. The second-order valence-electron chi connectivity index (χ2n) is 6.40. The number of oxime groups is 1. The van der Waals surface area contributed by atoms with Crippen LogP contribution in [0.3, 0.4) is 0 Å². The van der Waals surface area contributed by atoms with Gasteiger partial charge in [-0.15, -0.1) is 0 Å². The Morgan fingerprint density at radius 2 is 2.10 bits per heavy atom. The van der Waals surface area contributed by atoms with Crippen LogP contribution in [0.15, 0.2) is 29.4 Å². The monoisotopic (exact) mass is 272 g/mol. The van der Waals surface area contributed by atoms with E-state index in [0.717, 1.165) is 24.1 Å². The summed E-state index contributed by atoms with van der Waals surface area (Å²) >= 11 is 0. The van der Waals surface area contributed by atoms with Gasteiger partial charge in [-0.1, -0.05) is 37.2 Å². The minimum atomic E-state index is 0.128. The van der Waals surface area contributed by atoms with E-state index in [4.69, 9.17) is 0 Å². The lowest BCUT2D eigenvalue weighted by atomic mass is 10.1. The first-order chi connectivity index (χ1) is 9.54. The number of hydrogen-bond donors (Lipinski definition) is 1. The van der Waals surface area contributed by atoms with E-state index < -0.39 is 0 Å². The second kappa shape index (κ2) is 4.62. The number of nitrogens with zero attached hydrogens (tertiary/aromatic N) is 2. The molecule has 0 bridgehead atoms. The quantitative estimate of drug-likeness (QED) is 0.631. The summed E-state index contributed by atoms with van der Waals surface area (Å²) in [4.78, 5) is 14.6. The molecule has 2 aliphatic rings. The molecule has 4 heteroatoms. The molecule has 1 aromatic carbocycles. The molecule has 20 heavy (non-hydrogen) atoms. The molecule has 1 heterocycles. The van der Waals surface area contributed by atoms with Gasteiger partial charge >= 0.3 is 0 Å². The summed E-state index contributed by atoms with van der Waals surface area (Å²) in [7, 11) is 0. The molecule has 1 fully saturated rings. The molecule has 1 atom stereocenters. The van der Waals surface area contributed by atoms with E-state index in [1.807, 2.05) is 29.2 Å². The molecule has 0 radical (unpaired) electrons. The van der Waals surface area contributed by atoms with E-state index in [1.54, 1.807) is 0 Å². The van der Waals surface area contributed by atoms with Crippen molar-refractivity contribution in [2.75, 3.05) is 11.4 Å². The number of amides is 1. The molecule has 106 valence electrons. The van der Waals surface area contributed by atoms with Crippen LogP contribution in [0.1, 0.15) is 38.7 Å². The Bertz CT molecular complexity index is 578. The van der Waals surface area contributed by atoms with Gasteiger partial charge < -0.3 is 10.1 Å². The van der Waals surface area contributed by atoms with E-state index >= 15 is 0 Å². The van der Waals surface area contributed by atoms with Crippen LogP contribution in [0, 0.1) is 11.3 Å². The fourth-order valence-corrected chi connectivity index (χ4v) is 3.02. The molecule has 3 rings (SSSR count). The van der Waals surface area contributed by atoms with Gasteiger partial charge in [0, 0.05) is 18.0 Å². The zero-order chi connectivity index (χ0) is 14.3. The Kier molecular flexibility index (Phi) is 3.04. The number of para-hydroxylation sites is 1. The van der Waals surface area contributed by atoms with Crippen LogP contribution in [0.2, 0.25) is 0 Å². The van der Waals surface area contributed by atoms with Gasteiger partial charge in [0.25, 0.3) is 0 Å². The van der Waals surface area contributed by atoms with Crippen molar-refractivity contribution in [3.05, 3.63) is 29.8 Å². The summed E-state index contributed by atoms with van der Waals surface area (Å²) in [6.45, 7) is 4.97. The van der Waals surface area contributed by atoms with Crippen LogP contribution >= 0.6 is 0 Å². The third-order valence-corrected chi connectivity index (χ3v) is 4.50. The van der Waals surface area contributed by atoms with Crippen molar-refractivity contribution in [3.8, 4) is 0 Å². The van der Waals surface area contributed by atoms with Crippen molar-refractivity contribution < 1.29 is 10.0 Å². The molecule has 0 aromatic heterocycles. The largest absolute Gasteiger partial charge is 0.411 e. The summed E-state index contributed by atoms with van der Waals surface area (Å²) in [5.74, 6) is 0.338. The standard InChI is InChI=1S/C16H20N2O2/c1-16(2)10-12(16)15(19)18-9-5-7-13(17-20)11-6-3-4-8-14(11)18/h3-4,6,8,12,20H,5,7,9-10H2,1-2H3/b17-13-. The van der Waals surface area contributed by atoms with Crippen LogP contribution in [-0.4, -0.2) is 23.4 Å². The van der Waals surface area contributed by atoms with Crippen LogP contribution in [0.25, 0.3) is 0 Å². The molecule has 1 saturated carbocycles. The average molecular weight is 272 g/mol. The molecular weight excluding hydrogens is 252 g/mol. The lowest BCUT2D eigenvalue weighted by molar-refractivity contribution is -0.120. The van der Waals surface area contributed by atoms with Crippen molar-refractivity contribution in [2.24, 2.45) is 16.5 Å². The zero-order valence-electron chi connectivity index (χ0n) is 12.0. The Morgan fingerprint density at radius 1 is 1.40 bits per heavy atom. The first-order valence-corrected chi connectivity index (χ1v) is 7.16. The number of rotatable bonds is 1. The van der Waals surface area contributed by atoms with Crippen molar-refractivity contribution >= 4 is 17.3 Å². The van der Waals surface area contributed by atoms with E-state index in [1.165, 1.54) is 0 Å². The summed E-state index contributed by atoms with van der Waals surface area (Å²) in [6.07, 6.45) is 2.49. The Balaban J connectivity index is 1.98. The normalized spacial score (nSPS) is 26.0. The van der Waals surface area contributed by atoms with Crippen LogP contribution < -0.4 is 4.90 Å². The molecule has 4 nitrogen and oxygen atoms in total. The van der Waals surface area contributed by atoms with Crippen LogP contribution in [-0.2, 0) is 4.79 Å². The van der Waals surface area contributed by atoms with Gasteiger partial charge in [-0.05, 0) is 30.7 Å². The molecule has 1 amide bonds. The zero-order valence-corrected chi connectivity index (χ0v) is 12.0. The van der Waals surface area contributed by atoms with Crippen LogP contribution in [0.4, 0.5) is 5.69 Å². The van der Waals surface area contributed by atoms with Gasteiger partial charge in [0.1, 0.15) is 0 Å². The summed E-state index contributed by atoms with van der Waals surface area (Å²) in [6, 6.07) is 7.71. The summed E-state index contributed by atoms with van der Waals surface area (Å²) in [5.41, 5.74) is 2.56. The van der Waals surface area contributed by atoms with E-state index in [0.29, 0.717) is 18.7 Å². The van der Waals surface area contributed by atoms with Crippen molar-refractivity contribution in [2.45, 2.75) is 33.1 Å². The molecule has 0 spiro atoms. The first kappa shape index (κ1) is 13.2. The maximum atomic E-state index is 12.7. The second-order valence-corrected chi connectivity index (χ2v) is 6.40. The Labute approximate surface area is 119 Å². The first-order valence-electron chi connectivity index (χ1n) is 7.16. The van der Waals surface area contributed by atoms with E-state index in [2.05, 4.69) is 19.0 Å². The van der Waals surface area contributed by atoms with Gasteiger partial charge in [-0.25, -0.2) is 0 Å². The summed E-state index contributed by atoms with van der Waals surface area (Å²) in [5, 5.41) is 12.6. The third kappa shape index (κ3) is 2.09. The smallest absolute Gasteiger partial charge is 0.230 e. The van der Waals surface area contributed by atoms with Crippen molar-refractivity contribution in [1.82, 2.24) is 0 Å². The lowest BCUT2D eigenvalue weighted by Gasteiger charge is -2.23. The fraction of sp³-hybridized carbons (Fsp3) is 0.500. The maximum absolute atomic E-state index is 12.7. The molecule has 0 saturated heterocycles. The fourth-order valence-electron chi connectivity index (χ4n) is 3.02. The Hall–Kier alpha value is -1.84. The number of benzene rings is 1. The predicted octanol–water partition coefficient (Wildman–Crippen LogP) is 3.04. The highest BCUT2D eigenvalue weighted by atomic mass is 16.4. The SMILES string of the molecule is CC1(C)CC1C(=O)N1CCC/C(=N/O)c2ccccc21. The van der Waals surface area contributed by atoms with Gasteiger partial charge in [0.2, 0.25) is 5.91 Å². The average Bonchev–Trinajstić information content (AvgIpc) is 3.12. The molecule has 1 N–H and O–H groups in total. The van der Waals surface area contributed by atoms with Crippen molar-refractivity contribution in [1.29, 1.82) is 0 Å². The van der Waals surface area contributed by atoms with Gasteiger partial charge in [0.15, 0.2) is 0 Å². The molecule has 1 aliphatic carbocycles. The molecule has 1 aromatic rings. The van der Waals surface area contributed by atoms with E-state index in [-0.39, 0.29) is 17.2 Å². The highest BCUT2D eigenvalue weighted by Crippen LogP contribution is 2.53. The van der Waals surface area contributed by atoms with Crippen LogP contribution in [0.5, 0.6) is 0 Å². The minimum Gasteiger partial charge on any atom is -0.411 e. The van der Waals surface area contributed by atoms with Gasteiger partial charge in [-0.3, -0.25) is 4.79 Å². The number of anilines is 1. The number of carbonyl (C=O) groups is 1. The maximum Gasteiger partial charge on any atom is 0.230 e. The summed E-state index contributed by atoms with van der Waals surface area (Å²) < 4.78 is 0.